The zero-order chi connectivity index (χ0) is 24.2. The molecule has 1 aromatic rings. The van der Waals surface area contributed by atoms with Crippen LogP contribution in [0.25, 0.3) is 0 Å². The maximum absolute atomic E-state index is 12.6. The van der Waals surface area contributed by atoms with E-state index in [1.165, 1.54) is 6.92 Å². The summed E-state index contributed by atoms with van der Waals surface area (Å²) in [6, 6.07) is 9.30. The van der Waals surface area contributed by atoms with Gasteiger partial charge in [0, 0.05) is 12.0 Å². The topological polar surface area (TPSA) is 90.9 Å². The first kappa shape index (κ1) is 27.9. The third-order valence-corrected chi connectivity index (χ3v) is 5.33. The molecule has 1 aromatic carbocycles. The van der Waals surface area contributed by atoms with E-state index in [9.17, 15) is 14.4 Å². The largest absolute Gasteiger partial charge is 0.460 e. The Morgan fingerprint density at radius 3 is 2.19 bits per heavy atom. The number of benzene rings is 1. The second-order valence-corrected chi connectivity index (χ2v) is 9.14. The molecule has 0 spiro atoms. The number of hydrogen-bond donors (Lipinski definition) is 1. The van der Waals surface area contributed by atoms with Crippen LogP contribution in [0, 0.1) is 11.3 Å². The monoisotopic (exact) mass is 449 g/mol. The van der Waals surface area contributed by atoms with Gasteiger partial charge in [-0.05, 0) is 25.8 Å². The predicted octanol–water partition coefficient (Wildman–Crippen LogP) is 3.34. The molecule has 0 saturated carbocycles. The van der Waals surface area contributed by atoms with E-state index in [0.717, 1.165) is 5.56 Å². The molecule has 32 heavy (non-hydrogen) atoms. The van der Waals surface area contributed by atoms with Gasteiger partial charge in [-0.3, -0.25) is 14.4 Å². The van der Waals surface area contributed by atoms with E-state index in [2.05, 4.69) is 5.32 Å². The molecule has 0 amide bonds. The summed E-state index contributed by atoms with van der Waals surface area (Å²) >= 11 is 0. The first-order valence-corrected chi connectivity index (χ1v) is 11.2. The normalized spacial score (nSPS) is 14.4. The maximum Gasteiger partial charge on any atom is 0.316 e. The summed E-state index contributed by atoms with van der Waals surface area (Å²) < 4.78 is 16.0. The number of nitrogens with one attached hydrogen (secondary N) is 1. The third-order valence-electron chi connectivity index (χ3n) is 5.33. The Bertz CT molecular complexity index is 728. The molecule has 0 aliphatic rings. The van der Waals surface area contributed by atoms with Gasteiger partial charge in [0.05, 0.1) is 25.4 Å². The number of carbonyl (C=O) groups is 3. The number of ketones is 2. The van der Waals surface area contributed by atoms with Crippen LogP contribution in [0.2, 0.25) is 0 Å². The SMILES string of the molecule is CCC(C)(NCCOCCOCC(=O)C(C)C(=O)OCc1ccccc1)C(=O)C(C)(C)C. The third kappa shape index (κ3) is 9.59. The molecular weight excluding hydrogens is 410 g/mol. The zero-order valence-corrected chi connectivity index (χ0v) is 20.4. The molecule has 2 atom stereocenters. The van der Waals surface area contributed by atoms with Crippen molar-refractivity contribution >= 4 is 17.5 Å². The van der Waals surface area contributed by atoms with Crippen molar-refractivity contribution in [3.63, 3.8) is 0 Å². The summed E-state index contributed by atoms with van der Waals surface area (Å²) in [4.78, 5) is 36.8. The van der Waals surface area contributed by atoms with Gasteiger partial charge in [-0.15, -0.1) is 0 Å². The molecule has 0 aliphatic heterocycles. The second-order valence-electron chi connectivity index (χ2n) is 9.14. The van der Waals surface area contributed by atoms with Crippen LogP contribution in [0.3, 0.4) is 0 Å². The summed E-state index contributed by atoms with van der Waals surface area (Å²) in [5.41, 5.74) is -0.134. The molecule has 180 valence electrons. The van der Waals surface area contributed by atoms with Gasteiger partial charge in [0.1, 0.15) is 19.1 Å². The van der Waals surface area contributed by atoms with Crippen molar-refractivity contribution in [1.82, 2.24) is 5.32 Å². The Hall–Kier alpha value is -2.09. The lowest BCUT2D eigenvalue weighted by Gasteiger charge is -2.34. The van der Waals surface area contributed by atoms with Gasteiger partial charge in [0.2, 0.25) is 0 Å². The van der Waals surface area contributed by atoms with Crippen molar-refractivity contribution in [2.75, 3.05) is 33.0 Å². The van der Waals surface area contributed by atoms with Crippen molar-refractivity contribution in [2.45, 2.75) is 60.1 Å². The number of carbonyl (C=O) groups excluding carboxylic acids is 3. The zero-order valence-electron chi connectivity index (χ0n) is 20.4. The highest BCUT2D eigenvalue weighted by Crippen LogP contribution is 2.25. The molecule has 0 aliphatic carbocycles. The summed E-state index contributed by atoms with van der Waals surface area (Å²) in [5, 5.41) is 3.29. The van der Waals surface area contributed by atoms with Gasteiger partial charge < -0.3 is 19.5 Å². The molecular formula is C25H39NO6. The highest BCUT2D eigenvalue weighted by Gasteiger charge is 2.37. The first-order valence-electron chi connectivity index (χ1n) is 11.2. The molecule has 1 N–H and O–H groups in total. The average molecular weight is 450 g/mol. The Balaban J connectivity index is 2.18. The van der Waals surface area contributed by atoms with Crippen molar-refractivity contribution < 1.29 is 28.6 Å². The molecule has 0 saturated heterocycles. The average Bonchev–Trinajstić information content (AvgIpc) is 2.77. The van der Waals surface area contributed by atoms with Crippen LogP contribution >= 0.6 is 0 Å². The number of ether oxygens (including phenoxy) is 3. The van der Waals surface area contributed by atoms with Crippen molar-refractivity contribution in [3.8, 4) is 0 Å². The number of esters is 1. The molecule has 0 radical (unpaired) electrons. The van der Waals surface area contributed by atoms with Crippen molar-refractivity contribution in [2.24, 2.45) is 11.3 Å². The minimum absolute atomic E-state index is 0.137. The van der Waals surface area contributed by atoms with Crippen LogP contribution in [0.1, 0.15) is 53.5 Å². The molecule has 7 heteroatoms. The van der Waals surface area contributed by atoms with E-state index in [0.29, 0.717) is 26.2 Å². The lowest BCUT2D eigenvalue weighted by atomic mass is 9.77. The smallest absolute Gasteiger partial charge is 0.316 e. The van der Waals surface area contributed by atoms with E-state index < -0.39 is 22.8 Å². The van der Waals surface area contributed by atoms with Crippen LogP contribution in [0.5, 0.6) is 0 Å². The van der Waals surface area contributed by atoms with E-state index in [-0.39, 0.29) is 31.4 Å². The summed E-state index contributed by atoms with van der Waals surface area (Å²) in [6.07, 6.45) is 0.695. The van der Waals surface area contributed by atoms with E-state index in [4.69, 9.17) is 14.2 Å². The Morgan fingerprint density at radius 1 is 0.969 bits per heavy atom. The van der Waals surface area contributed by atoms with Crippen molar-refractivity contribution in [1.29, 1.82) is 0 Å². The van der Waals surface area contributed by atoms with Crippen molar-refractivity contribution in [3.05, 3.63) is 35.9 Å². The van der Waals surface area contributed by atoms with E-state index in [1.54, 1.807) is 0 Å². The van der Waals surface area contributed by atoms with Crippen LogP contribution in [-0.2, 0) is 35.2 Å². The standard InChI is InChI=1S/C25H39NO6/c1-7-25(6,23(29)24(3,4)5)26-13-14-30-15-16-31-18-21(27)19(2)22(28)32-17-20-11-9-8-10-12-20/h8-12,19,26H,7,13-18H2,1-6H3. The van der Waals surface area contributed by atoms with Crippen LogP contribution < -0.4 is 5.32 Å². The molecule has 7 nitrogen and oxygen atoms in total. The summed E-state index contributed by atoms with van der Waals surface area (Å²) in [7, 11) is 0. The maximum atomic E-state index is 12.6. The fraction of sp³-hybridized carbons (Fsp3) is 0.640. The van der Waals surface area contributed by atoms with Gasteiger partial charge >= 0.3 is 5.97 Å². The van der Waals surface area contributed by atoms with E-state index >= 15 is 0 Å². The van der Waals surface area contributed by atoms with Crippen LogP contribution in [0.4, 0.5) is 0 Å². The highest BCUT2D eigenvalue weighted by molar-refractivity contribution is 5.99. The number of Topliss-reactive ketones (excluding diaryl/α,β-unsaturated/α-hetero) is 2. The Labute approximate surface area is 192 Å². The minimum Gasteiger partial charge on any atom is -0.460 e. The van der Waals surface area contributed by atoms with Crippen LogP contribution in [-0.4, -0.2) is 56.0 Å². The van der Waals surface area contributed by atoms with Gasteiger partial charge in [0.15, 0.2) is 11.6 Å². The van der Waals surface area contributed by atoms with E-state index in [1.807, 2.05) is 65.0 Å². The molecule has 2 unspecified atom stereocenters. The lowest BCUT2D eigenvalue weighted by Crippen LogP contribution is -2.54. The number of rotatable bonds is 15. The minimum atomic E-state index is -0.879. The fourth-order valence-corrected chi connectivity index (χ4v) is 3.10. The Morgan fingerprint density at radius 2 is 1.59 bits per heavy atom. The highest BCUT2D eigenvalue weighted by atomic mass is 16.5. The van der Waals surface area contributed by atoms with Gasteiger partial charge in [-0.2, -0.15) is 0 Å². The number of hydrogen-bond acceptors (Lipinski definition) is 7. The molecule has 0 bridgehead atoms. The quantitative estimate of drug-likeness (QED) is 0.249. The lowest BCUT2D eigenvalue weighted by molar-refractivity contribution is -0.153. The predicted molar refractivity (Wildman–Crippen MR) is 123 cm³/mol. The molecule has 0 aromatic heterocycles. The summed E-state index contributed by atoms with van der Waals surface area (Å²) in [5.74, 6) is -1.60. The molecule has 0 fully saturated rings. The van der Waals surface area contributed by atoms with Gasteiger partial charge in [-0.25, -0.2) is 0 Å². The van der Waals surface area contributed by atoms with Gasteiger partial charge in [-0.1, -0.05) is 58.0 Å². The second kappa shape index (κ2) is 13.5. The van der Waals surface area contributed by atoms with Crippen LogP contribution in [0.15, 0.2) is 30.3 Å². The molecule has 0 heterocycles. The summed E-state index contributed by atoms with van der Waals surface area (Å²) in [6.45, 7) is 12.7. The fourth-order valence-electron chi connectivity index (χ4n) is 3.10. The van der Waals surface area contributed by atoms with Gasteiger partial charge in [0.25, 0.3) is 0 Å². The first-order chi connectivity index (χ1) is 15.0. The molecule has 1 rings (SSSR count). The Kier molecular flexibility index (Phi) is 11.8.